The lowest BCUT2D eigenvalue weighted by molar-refractivity contribution is -0.385. The summed E-state index contributed by atoms with van der Waals surface area (Å²) < 4.78 is 23.4. The van der Waals surface area contributed by atoms with E-state index in [0.717, 1.165) is 33.2 Å². The second-order valence-electron chi connectivity index (χ2n) is 16.1. The van der Waals surface area contributed by atoms with Crippen LogP contribution in [0.2, 0.25) is 18.6 Å². The van der Waals surface area contributed by atoms with Gasteiger partial charge < -0.3 is 23.8 Å². The Morgan fingerprint density at radius 3 is 2.39 bits per heavy atom. The van der Waals surface area contributed by atoms with E-state index in [1.54, 1.807) is 29.8 Å². The molecule has 0 unspecified atom stereocenters. The van der Waals surface area contributed by atoms with Crippen LogP contribution in [0.1, 0.15) is 46.0 Å². The number of nitrogens with zero attached hydrogens (tertiary/aromatic N) is 4. The Morgan fingerprint density at radius 1 is 0.965 bits per heavy atom. The summed E-state index contributed by atoms with van der Waals surface area (Å²) >= 11 is 0. The predicted molar refractivity (Wildman–Crippen MR) is 215 cm³/mol. The normalized spacial score (nSPS) is 23.8. The Balaban J connectivity index is 1.04. The lowest BCUT2D eigenvalue weighted by Gasteiger charge is -2.37. The van der Waals surface area contributed by atoms with Gasteiger partial charge in [0.2, 0.25) is 14.3 Å². The minimum Gasteiger partial charge on any atom is -0.394 e. The topological polar surface area (TPSA) is 134 Å². The Bertz CT molecular complexity index is 2500. The second-order valence-corrected chi connectivity index (χ2v) is 19.9. The third-order valence-corrected chi connectivity index (χ3v) is 15.0. The van der Waals surface area contributed by atoms with Crippen molar-refractivity contribution in [2.24, 2.45) is 5.92 Å². The Morgan fingerprint density at radius 2 is 1.68 bits per heavy atom. The van der Waals surface area contributed by atoms with E-state index in [2.05, 4.69) is 0 Å². The number of aliphatic hydroxyl groups excluding tert-OH is 1. The summed E-state index contributed by atoms with van der Waals surface area (Å²) in [5.41, 5.74) is 2.68. The molecule has 1 saturated heterocycles. The number of anilines is 3. The SMILES string of the molecule is C[C@@H]1[C@@H]([Si](C)(C)F)[C@H](CC(=O)N2Cc3ccccc3C[C@H]2CO)O[C@@]12C(=O)N(Cc1ccc(N3C(=O)c4cccc5cccc3c45)cc1)c1ccc([N+](=O)[O-])cc12. The van der Waals surface area contributed by atoms with E-state index in [1.165, 1.54) is 23.1 Å². The largest absolute Gasteiger partial charge is 0.394 e. The third kappa shape index (κ3) is 5.70. The molecule has 5 aromatic rings. The molecule has 4 aliphatic rings. The molecule has 57 heavy (non-hydrogen) atoms. The van der Waals surface area contributed by atoms with E-state index in [0.29, 0.717) is 23.4 Å². The smallest absolute Gasteiger partial charge is 0.269 e. The number of carbonyl (C=O) groups is 3. The van der Waals surface area contributed by atoms with Gasteiger partial charge in [0.25, 0.3) is 17.5 Å². The molecule has 13 heteroatoms. The van der Waals surface area contributed by atoms with Gasteiger partial charge in [0, 0.05) is 46.8 Å². The fraction of sp³-hybridized carbons (Fsp3) is 0.295. The first-order valence-electron chi connectivity index (χ1n) is 19.2. The van der Waals surface area contributed by atoms with Crippen molar-refractivity contribution in [1.82, 2.24) is 4.90 Å². The van der Waals surface area contributed by atoms with Gasteiger partial charge in [-0.05, 0) is 71.9 Å². The molecule has 5 aromatic carbocycles. The van der Waals surface area contributed by atoms with E-state index < -0.39 is 48.4 Å². The molecule has 1 N–H and O–H groups in total. The number of rotatable bonds is 8. The third-order valence-electron chi connectivity index (χ3n) is 12.5. The van der Waals surface area contributed by atoms with Gasteiger partial charge >= 0.3 is 0 Å². The Hall–Kier alpha value is -5.76. The van der Waals surface area contributed by atoms with Crippen LogP contribution in [0.15, 0.2) is 103 Å². The summed E-state index contributed by atoms with van der Waals surface area (Å²) in [7, 11) is -3.67. The highest BCUT2D eigenvalue weighted by Crippen LogP contribution is 2.61. The number of benzene rings is 5. The highest BCUT2D eigenvalue weighted by molar-refractivity contribution is 6.72. The van der Waals surface area contributed by atoms with Crippen molar-refractivity contribution in [3.05, 3.63) is 141 Å². The molecule has 4 heterocycles. The van der Waals surface area contributed by atoms with Crippen molar-refractivity contribution in [3.8, 4) is 0 Å². The van der Waals surface area contributed by atoms with Crippen LogP contribution in [0.25, 0.3) is 10.8 Å². The van der Waals surface area contributed by atoms with Gasteiger partial charge in [0.1, 0.15) is 0 Å². The van der Waals surface area contributed by atoms with E-state index in [1.807, 2.05) is 84.9 Å². The first kappa shape index (κ1) is 36.9. The van der Waals surface area contributed by atoms with Crippen LogP contribution in [0.4, 0.5) is 26.9 Å². The minimum atomic E-state index is -3.67. The van der Waals surface area contributed by atoms with Crippen LogP contribution >= 0.6 is 0 Å². The number of ether oxygens (including phenoxy) is 1. The molecule has 0 aliphatic carbocycles. The van der Waals surface area contributed by atoms with Crippen molar-refractivity contribution < 1.29 is 33.3 Å². The molecule has 11 nitrogen and oxygen atoms in total. The molecule has 3 amide bonds. The van der Waals surface area contributed by atoms with Gasteiger partial charge in [-0.3, -0.25) is 29.4 Å². The lowest BCUT2D eigenvalue weighted by atomic mass is 9.82. The molecule has 290 valence electrons. The fourth-order valence-corrected chi connectivity index (χ4v) is 12.4. The van der Waals surface area contributed by atoms with Crippen LogP contribution in [-0.4, -0.2) is 59.8 Å². The average molecular weight is 785 g/mol. The maximum atomic E-state index is 16.6. The maximum absolute atomic E-state index is 16.6. The molecular formula is C44H41FN4O7Si. The van der Waals surface area contributed by atoms with E-state index in [9.17, 15) is 24.8 Å². The molecule has 4 aliphatic heterocycles. The number of nitro groups is 1. The zero-order valence-electron chi connectivity index (χ0n) is 31.7. The number of aliphatic hydroxyl groups is 1. The highest BCUT2D eigenvalue weighted by atomic mass is 28.4. The average Bonchev–Trinajstić information content (AvgIpc) is 3.75. The van der Waals surface area contributed by atoms with E-state index >= 15 is 8.90 Å². The summed E-state index contributed by atoms with van der Waals surface area (Å²) in [6.45, 7) is 4.94. The van der Waals surface area contributed by atoms with E-state index in [-0.39, 0.29) is 49.2 Å². The van der Waals surface area contributed by atoms with Crippen molar-refractivity contribution in [2.45, 2.75) is 69.2 Å². The molecule has 0 radical (unpaired) electrons. The number of non-ortho nitro benzene ring substituents is 1. The van der Waals surface area contributed by atoms with Crippen LogP contribution in [0.5, 0.6) is 0 Å². The summed E-state index contributed by atoms with van der Waals surface area (Å²) in [6, 6.07) is 30.3. The molecular weight excluding hydrogens is 744 g/mol. The number of nitro benzene ring substituents is 1. The molecule has 0 aromatic heterocycles. The minimum absolute atomic E-state index is 0.0710. The fourth-order valence-electron chi connectivity index (χ4n) is 9.94. The monoisotopic (exact) mass is 784 g/mol. The van der Waals surface area contributed by atoms with Crippen molar-refractivity contribution >= 4 is 59.7 Å². The Kier molecular flexibility index (Phi) is 8.68. The number of hydrogen-bond donors (Lipinski definition) is 1. The first-order chi connectivity index (χ1) is 27.3. The van der Waals surface area contributed by atoms with Gasteiger partial charge in [-0.25, -0.2) is 0 Å². The van der Waals surface area contributed by atoms with Crippen LogP contribution < -0.4 is 9.80 Å². The molecule has 5 atom stereocenters. The van der Waals surface area contributed by atoms with Crippen LogP contribution in [0, 0.1) is 16.0 Å². The number of amides is 3. The van der Waals surface area contributed by atoms with Gasteiger partial charge in [-0.2, -0.15) is 0 Å². The quantitative estimate of drug-likeness (QED) is 0.0738. The lowest BCUT2D eigenvalue weighted by Crippen LogP contribution is -2.48. The zero-order valence-corrected chi connectivity index (χ0v) is 32.7. The van der Waals surface area contributed by atoms with Gasteiger partial charge in [0.15, 0.2) is 5.60 Å². The second kappa shape index (κ2) is 13.4. The molecule has 0 bridgehead atoms. The zero-order chi connectivity index (χ0) is 40.0. The van der Waals surface area contributed by atoms with Gasteiger partial charge in [-0.15, -0.1) is 0 Å². The number of halogens is 1. The van der Waals surface area contributed by atoms with Gasteiger partial charge in [-0.1, -0.05) is 67.6 Å². The summed E-state index contributed by atoms with van der Waals surface area (Å²) in [5.74, 6) is -1.71. The molecule has 9 rings (SSSR count). The highest BCUT2D eigenvalue weighted by Gasteiger charge is 2.67. The maximum Gasteiger partial charge on any atom is 0.269 e. The molecule has 0 saturated carbocycles. The van der Waals surface area contributed by atoms with Gasteiger partial charge in [0.05, 0.1) is 53.6 Å². The van der Waals surface area contributed by atoms with E-state index in [4.69, 9.17) is 4.74 Å². The Labute approximate surface area is 329 Å². The standard InChI is InChI=1S/C44H41FN4O7Si/c1-26-41(57(2,3)45)38(22-39(51)46-24-30-9-5-4-8-29(30)20-33(46)25-50)56-44(26)35-21-32(49(54)55)18-19-36(35)47(43(44)53)23-27-14-16-31(17-15-27)48-37-13-7-11-28-10-6-12-34(40(28)37)42(48)52/h4-19,21,26,33,38,41,50H,20,22-25H2,1-3H3/t26-,33+,38+,41-,44+/m1/s1. The summed E-state index contributed by atoms with van der Waals surface area (Å²) in [6.07, 6.45) is -0.750. The molecule has 1 fully saturated rings. The summed E-state index contributed by atoms with van der Waals surface area (Å²) in [5, 5.41) is 24.3. The predicted octanol–water partition coefficient (Wildman–Crippen LogP) is 7.70. The van der Waals surface area contributed by atoms with Crippen LogP contribution in [0.3, 0.4) is 0 Å². The van der Waals surface area contributed by atoms with Crippen molar-refractivity contribution in [3.63, 3.8) is 0 Å². The van der Waals surface area contributed by atoms with Crippen molar-refractivity contribution in [1.29, 1.82) is 0 Å². The van der Waals surface area contributed by atoms with Crippen LogP contribution in [-0.2, 0) is 39.4 Å². The summed E-state index contributed by atoms with van der Waals surface area (Å²) in [4.78, 5) is 59.2. The number of fused-ring (bicyclic) bond motifs is 3. The molecule has 1 spiro atoms. The van der Waals surface area contributed by atoms with Crippen molar-refractivity contribution in [2.75, 3.05) is 16.4 Å². The number of hydrogen-bond acceptors (Lipinski definition) is 7. The number of carbonyl (C=O) groups excluding carboxylic acids is 3. The first-order valence-corrected chi connectivity index (χ1v) is 22.2.